The summed E-state index contributed by atoms with van der Waals surface area (Å²) in [5.41, 5.74) is -0.872. The number of aromatic nitrogens is 5. The number of amides is 1. The number of hydrogen-bond acceptors (Lipinski definition) is 11. The molecular formula is C20H26N8O3S. The van der Waals surface area contributed by atoms with Crippen LogP contribution in [0.2, 0.25) is 0 Å². The zero-order valence-corrected chi connectivity index (χ0v) is 18.7. The summed E-state index contributed by atoms with van der Waals surface area (Å²) in [6, 6.07) is -0.196. The normalized spacial score (nSPS) is 26.4. The standard InChI is InChI=1S/C20H26N8O3S/c1-13-7-22-18(32-13)12-28-5-2-14(11-28)8-23-19(29)20(17-10-25-27-31-17)3-4-21-15(6-20)16-9-24-26-30-16/h7,9-10,14-15,21H,2-6,8,11-12H2,1H3,(H,23,29). The number of nitrogens with one attached hydrogen (secondary N) is 2. The van der Waals surface area contributed by atoms with E-state index in [1.165, 1.54) is 11.1 Å². The topological polar surface area (TPSA) is 135 Å². The largest absolute Gasteiger partial charge is 0.355 e. The Morgan fingerprint density at radius 1 is 1.31 bits per heavy atom. The fourth-order valence-electron chi connectivity index (χ4n) is 4.73. The van der Waals surface area contributed by atoms with Crippen molar-refractivity contribution in [3.05, 3.63) is 40.0 Å². The lowest BCUT2D eigenvalue weighted by molar-refractivity contribution is -0.129. The summed E-state index contributed by atoms with van der Waals surface area (Å²) in [5.74, 6) is 1.41. The Morgan fingerprint density at radius 2 is 2.19 bits per heavy atom. The molecule has 2 aliphatic heterocycles. The van der Waals surface area contributed by atoms with Crippen LogP contribution in [0.3, 0.4) is 0 Å². The number of aryl methyl sites for hydroxylation is 1. The fourth-order valence-corrected chi connectivity index (χ4v) is 5.56. The Bertz CT molecular complexity index is 1020. The van der Waals surface area contributed by atoms with E-state index in [1.807, 2.05) is 6.20 Å². The van der Waals surface area contributed by atoms with Gasteiger partial charge < -0.3 is 19.7 Å². The van der Waals surface area contributed by atoms with Crippen LogP contribution in [-0.2, 0) is 16.8 Å². The van der Waals surface area contributed by atoms with Gasteiger partial charge in [-0.15, -0.1) is 21.5 Å². The molecule has 3 aromatic rings. The predicted molar refractivity (Wildman–Crippen MR) is 113 cm³/mol. The second kappa shape index (κ2) is 9.04. The van der Waals surface area contributed by atoms with Gasteiger partial charge in [-0.1, -0.05) is 0 Å². The molecule has 0 saturated carbocycles. The van der Waals surface area contributed by atoms with Crippen LogP contribution in [0.1, 0.15) is 46.7 Å². The second-order valence-corrected chi connectivity index (χ2v) is 9.93. The first-order valence-electron chi connectivity index (χ1n) is 10.8. The van der Waals surface area contributed by atoms with Gasteiger partial charge in [-0.2, -0.15) is 0 Å². The summed E-state index contributed by atoms with van der Waals surface area (Å²) in [4.78, 5) is 21.6. The number of likely N-dealkylation sites (tertiary alicyclic amines) is 1. The van der Waals surface area contributed by atoms with E-state index in [4.69, 9.17) is 9.05 Å². The van der Waals surface area contributed by atoms with Crippen molar-refractivity contribution < 1.29 is 13.8 Å². The van der Waals surface area contributed by atoms with Crippen LogP contribution < -0.4 is 10.6 Å². The lowest BCUT2D eigenvalue weighted by Crippen LogP contribution is -2.52. The lowest BCUT2D eigenvalue weighted by atomic mass is 9.73. The molecule has 2 saturated heterocycles. The van der Waals surface area contributed by atoms with Gasteiger partial charge in [0.25, 0.3) is 0 Å². The molecule has 5 heterocycles. The van der Waals surface area contributed by atoms with Gasteiger partial charge in [-0.3, -0.25) is 9.69 Å². The molecule has 0 aliphatic carbocycles. The third-order valence-electron chi connectivity index (χ3n) is 6.43. The lowest BCUT2D eigenvalue weighted by Gasteiger charge is -2.37. The number of thiazole rings is 1. The fraction of sp³-hybridized carbons (Fsp3) is 0.600. The highest BCUT2D eigenvalue weighted by Gasteiger charge is 2.48. The Balaban J connectivity index is 1.23. The molecule has 0 aromatic carbocycles. The Morgan fingerprint density at radius 3 is 2.94 bits per heavy atom. The Kier molecular flexibility index (Phi) is 5.98. The molecule has 2 aliphatic rings. The summed E-state index contributed by atoms with van der Waals surface area (Å²) < 4.78 is 10.6. The molecule has 3 unspecified atom stereocenters. The van der Waals surface area contributed by atoms with Crippen LogP contribution in [0.25, 0.3) is 0 Å². The van der Waals surface area contributed by atoms with Crippen LogP contribution in [0.5, 0.6) is 0 Å². The molecule has 1 amide bonds. The first-order valence-corrected chi connectivity index (χ1v) is 11.6. The molecule has 12 heteroatoms. The van der Waals surface area contributed by atoms with Crippen molar-refractivity contribution in [1.82, 2.24) is 41.3 Å². The molecule has 0 bridgehead atoms. The molecule has 2 N–H and O–H groups in total. The van der Waals surface area contributed by atoms with Gasteiger partial charge in [0.2, 0.25) is 5.91 Å². The number of carbonyl (C=O) groups excluding carboxylic acids is 1. The molecule has 32 heavy (non-hydrogen) atoms. The van der Waals surface area contributed by atoms with E-state index in [2.05, 4.69) is 48.2 Å². The smallest absolute Gasteiger partial charge is 0.234 e. The van der Waals surface area contributed by atoms with Gasteiger partial charge in [0.1, 0.15) is 10.4 Å². The van der Waals surface area contributed by atoms with E-state index in [0.29, 0.717) is 43.4 Å². The van der Waals surface area contributed by atoms with Crippen LogP contribution in [0.4, 0.5) is 0 Å². The summed E-state index contributed by atoms with van der Waals surface area (Å²) in [6.07, 6.45) is 7.11. The minimum absolute atomic E-state index is 0.0657. The summed E-state index contributed by atoms with van der Waals surface area (Å²) in [5, 5.41) is 22.5. The van der Waals surface area contributed by atoms with Crippen molar-refractivity contribution in [3.8, 4) is 0 Å². The maximum atomic E-state index is 13.5. The van der Waals surface area contributed by atoms with Crippen LogP contribution in [-0.4, -0.2) is 62.7 Å². The van der Waals surface area contributed by atoms with Gasteiger partial charge >= 0.3 is 0 Å². The summed E-state index contributed by atoms with van der Waals surface area (Å²) >= 11 is 1.74. The van der Waals surface area contributed by atoms with Gasteiger partial charge in [0.15, 0.2) is 11.5 Å². The first-order chi connectivity index (χ1) is 15.6. The van der Waals surface area contributed by atoms with Gasteiger partial charge in [-0.25, -0.2) is 4.98 Å². The van der Waals surface area contributed by atoms with E-state index in [9.17, 15) is 4.79 Å². The maximum absolute atomic E-state index is 13.5. The van der Waals surface area contributed by atoms with E-state index in [1.54, 1.807) is 17.5 Å². The van der Waals surface area contributed by atoms with Crippen molar-refractivity contribution in [1.29, 1.82) is 0 Å². The van der Waals surface area contributed by atoms with Crippen LogP contribution in [0, 0.1) is 12.8 Å². The monoisotopic (exact) mass is 458 g/mol. The summed E-state index contributed by atoms with van der Waals surface area (Å²) in [7, 11) is 0. The van der Waals surface area contributed by atoms with E-state index in [0.717, 1.165) is 31.1 Å². The van der Waals surface area contributed by atoms with Crippen molar-refractivity contribution in [2.24, 2.45) is 5.92 Å². The Labute approximate surface area is 188 Å². The van der Waals surface area contributed by atoms with E-state index in [-0.39, 0.29) is 11.9 Å². The van der Waals surface area contributed by atoms with Gasteiger partial charge in [-0.05, 0) is 45.2 Å². The molecule has 0 radical (unpaired) electrons. The third-order valence-corrected chi connectivity index (χ3v) is 7.33. The molecule has 3 atom stereocenters. The number of hydrogen-bond donors (Lipinski definition) is 2. The van der Waals surface area contributed by atoms with Crippen molar-refractivity contribution in [3.63, 3.8) is 0 Å². The molecule has 2 fully saturated rings. The SMILES string of the molecule is Cc1cnc(CN2CCC(CNC(=O)C3(c4cnno4)CCNC(c4cnno4)C3)C2)s1. The molecule has 3 aromatic heterocycles. The average molecular weight is 459 g/mol. The average Bonchev–Trinajstić information content (AvgIpc) is 3.61. The highest BCUT2D eigenvalue weighted by Crippen LogP contribution is 2.40. The third kappa shape index (κ3) is 4.30. The predicted octanol–water partition coefficient (Wildman–Crippen LogP) is 1.22. The number of nitrogens with zero attached hydrogens (tertiary/aromatic N) is 6. The zero-order valence-electron chi connectivity index (χ0n) is 17.9. The second-order valence-electron chi connectivity index (χ2n) is 8.61. The molecule has 170 valence electrons. The molecule has 0 spiro atoms. The minimum Gasteiger partial charge on any atom is -0.355 e. The molecule has 5 rings (SSSR count). The van der Waals surface area contributed by atoms with Crippen molar-refractivity contribution in [2.75, 3.05) is 26.2 Å². The van der Waals surface area contributed by atoms with Gasteiger partial charge in [0, 0.05) is 34.7 Å². The highest BCUT2D eigenvalue weighted by molar-refractivity contribution is 7.11. The van der Waals surface area contributed by atoms with Crippen LogP contribution in [0.15, 0.2) is 27.6 Å². The van der Waals surface area contributed by atoms with E-state index >= 15 is 0 Å². The minimum atomic E-state index is -0.872. The molecular weight excluding hydrogens is 432 g/mol. The summed E-state index contributed by atoms with van der Waals surface area (Å²) in [6.45, 7) is 6.15. The number of rotatable bonds is 7. The quantitative estimate of drug-likeness (QED) is 0.532. The van der Waals surface area contributed by atoms with Gasteiger partial charge in [0.05, 0.1) is 25.0 Å². The highest BCUT2D eigenvalue weighted by atomic mass is 32.1. The number of piperidine rings is 1. The van der Waals surface area contributed by atoms with Crippen molar-refractivity contribution in [2.45, 2.75) is 44.2 Å². The molecule has 11 nitrogen and oxygen atoms in total. The Hall–Kier alpha value is -2.70. The van der Waals surface area contributed by atoms with E-state index < -0.39 is 5.41 Å². The first kappa shape index (κ1) is 21.2. The number of carbonyl (C=O) groups is 1. The maximum Gasteiger partial charge on any atom is 0.234 e. The zero-order chi connectivity index (χ0) is 22.0. The van der Waals surface area contributed by atoms with Crippen molar-refractivity contribution >= 4 is 17.2 Å². The van der Waals surface area contributed by atoms with Crippen LogP contribution >= 0.6 is 11.3 Å².